The molecule has 5 aliphatic heterocycles. The summed E-state index contributed by atoms with van der Waals surface area (Å²) in [6, 6.07) is -0.713. The van der Waals surface area contributed by atoms with Crippen molar-refractivity contribution in [2.45, 2.75) is 19.9 Å². The zero-order valence-corrected chi connectivity index (χ0v) is 17.3. The number of fused-ring (bicyclic) bond motifs is 4. The molecule has 5 rings (SSSR count). The predicted octanol–water partition coefficient (Wildman–Crippen LogP) is 1.52. The number of carboxylic acids is 1. The first kappa shape index (κ1) is 21.0. The maximum absolute atomic E-state index is 10.0. The molecule has 5 heterocycles. The number of carbonyl (C=O) groups is 1. The first-order valence-electron chi connectivity index (χ1n) is 9.76. The van der Waals surface area contributed by atoms with Crippen molar-refractivity contribution in [3.05, 3.63) is 48.6 Å². The van der Waals surface area contributed by atoms with Crippen molar-refractivity contribution < 1.29 is 9.90 Å². The van der Waals surface area contributed by atoms with Gasteiger partial charge in [-0.15, -0.1) is 0 Å². The van der Waals surface area contributed by atoms with Gasteiger partial charge < -0.3 is 10.8 Å². The van der Waals surface area contributed by atoms with E-state index in [1.165, 1.54) is 0 Å². The van der Waals surface area contributed by atoms with Crippen LogP contribution >= 0.6 is 0 Å². The number of amidine groups is 8. The van der Waals surface area contributed by atoms with E-state index in [9.17, 15) is 4.79 Å². The molecule has 0 aromatic carbocycles. The Balaban J connectivity index is 0.000000265. The van der Waals surface area contributed by atoms with Gasteiger partial charge >= 0.3 is 5.97 Å². The lowest BCUT2D eigenvalue weighted by Gasteiger charge is -2.07. The van der Waals surface area contributed by atoms with Crippen molar-refractivity contribution in [2.24, 2.45) is 51.6 Å². The van der Waals surface area contributed by atoms with Gasteiger partial charge in [-0.25, -0.2) is 39.9 Å². The monoisotopic (exact) mass is 429 g/mol. The number of aliphatic carboxylic acids is 1. The third-order valence-electron chi connectivity index (χ3n) is 4.36. The zero-order chi connectivity index (χ0) is 22.7. The van der Waals surface area contributed by atoms with E-state index in [0.29, 0.717) is 46.7 Å². The van der Waals surface area contributed by atoms with Gasteiger partial charge in [0.1, 0.15) is 6.04 Å². The second kappa shape index (κ2) is 8.86. The van der Waals surface area contributed by atoms with Crippen LogP contribution < -0.4 is 5.73 Å². The quantitative estimate of drug-likeness (QED) is 0.681. The molecule has 0 spiro atoms. The number of hydrogen-bond acceptors (Lipinski definition) is 10. The minimum atomic E-state index is -0.931. The van der Waals surface area contributed by atoms with E-state index < -0.39 is 12.0 Å². The van der Waals surface area contributed by atoms with E-state index in [4.69, 9.17) is 10.8 Å². The summed E-state index contributed by atoms with van der Waals surface area (Å²) in [4.78, 5) is 44.8. The second-order valence-corrected chi connectivity index (χ2v) is 7.20. The lowest BCUT2D eigenvalue weighted by molar-refractivity contribution is -0.139. The van der Waals surface area contributed by atoms with Crippen LogP contribution in [0.5, 0.6) is 0 Å². The fourth-order valence-corrected chi connectivity index (χ4v) is 2.62. The molecule has 32 heavy (non-hydrogen) atoms. The topological polar surface area (TPSA) is 162 Å². The molecule has 5 aliphatic rings. The molecule has 0 aromatic heterocycles. The molecule has 1 atom stereocenters. The van der Waals surface area contributed by atoms with Crippen molar-refractivity contribution >= 4 is 52.7 Å². The highest BCUT2D eigenvalue weighted by atomic mass is 16.4. The Labute approximate surface area is 183 Å². The van der Waals surface area contributed by atoms with Gasteiger partial charge in [-0.1, -0.05) is 13.8 Å². The molecule has 8 bridgehead atoms. The van der Waals surface area contributed by atoms with Crippen LogP contribution in [0.1, 0.15) is 13.8 Å². The summed E-state index contributed by atoms with van der Waals surface area (Å²) < 4.78 is 0. The highest BCUT2D eigenvalue weighted by Gasteiger charge is 2.15. The van der Waals surface area contributed by atoms with Crippen molar-refractivity contribution in [1.29, 1.82) is 0 Å². The molecule has 0 amide bonds. The SMILES string of the molecule is C1=C/C2=N/C3=NC(=N\C4=NC(=N\C5=NC(=N\C1=N2)/C=C5)/C=C4)/C=C3.CC(C)[C@H](N)C(=O)O. The number of rotatable bonds is 2. The van der Waals surface area contributed by atoms with Crippen molar-refractivity contribution in [2.75, 3.05) is 0 Å². The number of nitrogens with two attached hydrogens (primary N) is 1. The fraction of sp³-hybridized carbons (Fsp3) is 0.190. The summed E-state index contributed by atoms with van der Waals surface area (Å²) in [5.74, 6) is 3.39. The van der Waals surface area contributed by atoms with Gasteiger partial charge in [0.05, 0.1) is 0 Å². The number of nitrogens with zero attached hydrogens (tertiary/aromatic N) is 8. The molecule has 11 nitrogen and oxygen atoms in total. The van der Waals surface area contributed by atoms with Gasteiger partial charge in [-0.3, -0.25) is 4.79 Å². The van der Waals surface area contributed by atoms with Gasteiger partial charge in [-0.2, -0.15) is 0 Å². The van der Waals surface area contributed by atoms with E-state index in [-0.39, 0.29) is 5.92 Å². The summed E-state index contributed by atoms with van der Waals surface area (Å²) >= 11 is 0. The molecule has 0 aromatic rings. The lowest BCUT2D eigenvalue weighted by atomic mass is 10.1. The van der Waals surface area contributed by atoms with E-state index in [2.05, 4.69) is 39.9 Å². The average molecular weight is 429 g/mol. The van der Waals surface area contributed by atoms with Crippen LogP contribution in [-0.4, -0.2) is 63.8 Å². The molecule has 3 N–H and O–H groups in total. The largest absolute Gasteiger partial charge is 0.480 e. The normalized spacial score (nSPS) is 27.0. The molecule has 160 valence electrons. The molecule has 11 heteroatoms. The number of hydrogen-bond donors (Lipinski definition) is 2. The van der Waals surface area contributed by atoms with Gasteiger partial charge in [-0.05, 0) is 54.5 Å². The Morgan fingerprint density at radius 2 is 0.781 bits per heavy atom. The molecule has 0 saturated carbocycles. The van der Waals surface area contributed by atoms with Crippen LogP contribution in [-0.2, 0) is 4.79 Å². The third kappa shape index (κ3) is 5.08. The molecular formula is C21H19N9O2. The molecule has 0 unspecified atom stereocenters. The van der Waals surface area contributed by atoms with Crippen LogP contribution in [0.25, 0.3) is 0 Å². The standard InChI is InChI=1S/C16H8N8.C5H11NO2/c1-2-10-17-9(1)21-11-3-4-13(18-11)23-15-7-8-16(20-15)24-14-6-5-12(19-14)22-10;1-3(2)4(6)5(7)8/h1-8H;3-4H,6H2,1-2H3,(H,7,8)/b21-9-,21-11?,22-10?,22-12-,23-13-,23-15?,24-14?,24-16-;/t;4-/m.0/s1. The number of aliphatic imine (C=N–C) groups is 8. The third-order valence-corrected chi connectivity index (χ3v) is 4.36. The lowest BCUT2D eigenvalue weighted by Crippen LogP contribution is -2.34. The average Bonchev–Trinajstić information content (AvgIpc) is 3.53. The Kier molecular flexibility index (Phi) is 5.81. The van der Waals surface area contributed by atoms with Crippen molar-refractivity contribution in [3.63, 3.8) is 0 Å². The second-order valence-electron chi connectivity index (χ2n) is 7.20. The molecule has 0 fully saturated rings. The highest BCUT2D eigenvalue weighted by Crippen LogP contribution is 2.10. The Bertz CT molecular complexity index is 1050. The molecule has 0 saturated heterocycles. The molecule has 0 aliphatic carbocycles. The smallest absolute Gasteiger partial charge is 0.320 e. The van der Waals surface area contributed by atoms with Gasteiger partial charge in [0, 0.05) is 0 Å². The minimum Gasteiger partial charge on any atom is -0.480 e. The fourth-order valence-electron chi connectivity index (χ4n) is 2.62. The predicted molar refractivity (Wildman–Crippen MR) is 126 cm³/mol. The molecular weight excluding hydrogens is 410 g/mol. The van der Waals surface area contributed by atoms with Crippen LogP contribution in [0.3, 0.4) is 0 Å². The Hall–Kier alpha value is -4.25. The van der Waals surface area contributed by atoms with Gasteiger partial charge in [0.15, 0.2) is 46.7 Å². The van der Waals surface area contributed by atoms with Crippen LogP contribution in [0.15, 0.2) is 88.5 Å². The summed E-state index contributed by atoms with van der Waals surface area (Å²) in [7, 11) is 0. The summed E-state index contributed by atoms with van der Waals surface area (Å²) in [6.07, 6.45) is 14.2. The van der Waals surface area contributed by atoms with Crippen LogP contribution in [0, 0.1) is 5.92 Å². The first-order chi connectivity index (χ1) is 15.4. The Morgan fingerprint density at radius 1 is 0.594 bits per heavy atom. The maximum Gasteiger partial charge on any atom is 0.320 e. The summed E-state index contributed by atoms with van der Waals surface area (Å²) in [5.41, 5.74) is 5.16. The number of carboxylic acid groups (broad SMARTS) is 1. The summed E-state index contributed by atoms with van der Waals surface area (Å²) in [5, 5.41) is 8.23. The molecule has 0 radical (unpaired) electrons. The summed E-state index contributed by atoms with van der Waals surface area (Å²) in [6.45, 7) is 3.55. The maximum atomic E-state index is 10.0. The van der Waals surface area contributed by atoms with E-state index in [1.807, 2.05) is 0 Å². The first-order valence-corrected chi connectivity index (χ1v) is 9.76. The van der Waals surface area contributed by atoms with Crippen LogP contribution in [0.2, 0.25) is 0 Å². The van der Waals surface area contributed by atoms with Crippen molar-refractivity contribution in [3.8, 4) is 0 Å². The highest BCUT2D eigenvalue weighted by molar-refractivity contribution is 6.28. The van der Waals surface area contributed by atoms with Gasteiger partial charge in [0.25, 0.3) is 0 Å². The van der Waals surface area contributed by atoms with Crippen molar-refractivity contribution in [1.82, 2.24) is 0 Å². The van der Waals surface area contributed by atoms with E-state index in [0.717, 1.165) is 0 Å². The van der Waals surface area contributed by atoms with E-state index >= 15 is 0 Å². The Morgan fingerprint density at radius 3 is 0.875 bits per heavy atom. The van der Waals surface area contributed by atoms with Gasteiger partial charge in [0.2, 0.25) is 0 Å². The zero-order valence-electron chi connectivity index (χ0n) is 17.3. The van der Waals surface area contributed by atoms with Crippen LogP contribution in [0.4, 0.5) is 0 Å². The van der Waals surface area contributed by atoms with E-state index in [1.54, 1.807) is 62.5 Å². The minimum absolute atomic E-state index is 0.0208.